The molecule has 0 saturated carbocycles. The second-order valence-electron chi connectivity index (χ2n) is 6.67. The zero-order valence-corrected chi connectivity index (χ0v) is 15.2. The SMILES string of the molecule is CCCCC(CC)CNC(C)(O)NCC(CC)CCCC. The average molecular weight is 301 g/mol. The molecule has 0 radical (unpaired) electrons. The summed E-state index contributed by atoms with van der Waals surface area (Å²) in [6.45, 7) is 12.6. The van der Waals surface area contributed by atoms with Crippen molar-refractivity contribution in [2.24, 2.45) is 11.8 Å². The molecule has 0 aliphatic heterocycles. The number of nitrogens with one attached hydrogen (secondary N) is 2. The quantitative estimate of drug-likeness (QED) is 0.420. The zero-order chi connectivity index (χ0) is 16.1. The van der Waals surface area contributed by atoms with Crippen molar-refractivity contribution in [2.45, 2.75) is 91.8 Å². The first kappa shape index (κ1) is 20.9. The summed E-state index contributed by atoms with van der Waals surface area (Å²) in [5, 5.41) is 17.0. The molecule has 0 aliphatic carbocycles. The van der Waals surface area contributed by atoms with E-state index in [4.69, 9.17) is 0 Å². The molecule has 0 aliphatic rings. The van der Waals surface area contributed by atoms with E-state index in [0.29, 0.717) is 11.8 Å². The smallest absolute Gasteiger partial charge is 0.168 e. The van der Waals surface area contributed by atoms with Gasteiger partial charge in [0.1, 0.15) is 0 Å². The van der Waals surface area contributed by atoms with E-state index in [1.807, 2.05) is 6.92 Å². The maximum absolute atomic E-state index is 10.4. The lowest BCUT2D eigenvalue weighted by molar-refractivity contribution is -0.0172. The van der Waals surface area contributed by atoms with E-state index in [0.717, 1.165) is 13.1 Å². The minimum Gasteiger partial charge on any atom is -0.363 e. The maximum atomic E-state index is 10.4. The van der Waals surface area contributed by atoms with E-state index >= 15 is 0 Å². The summed E-state index contributed by atoms with van der Waals surface area (Å²) in [6.07, 6.45) is 9.93. The highest BCUT2D eigenvalue weighted by Crippen LogP contribution is 2.14. The molecular formula is C18H40N2O. The Kier molecular flexibility index (Phi) is 12.4. The summed E-state index contributed by atoms with van der Waals surface area (Å²) in [6, 6.07) is 0. The standard InChI is InChI=1S/C18H40N2O/c1-6-10-12-16(8-3)14-19-18(5,21)20-15-17(9-4)13-11-7-2/h16-17,19-21H,6-15H2,1-5H3. The van der Waals surface area contributed by atoms with Crippen LogP contribution >= 0.6 is 0 Å². The monoisotopic (exact) mass is 300 g/mol. The van der Waals surface area contributed by atoms with E-state index in [-0.39, 0.29) is 0 Å². The van der Waals surface area contributed by atoms with Gasteiger partial charge in [0, 0.05) is 13.1 Å². The number of hydrogen-bond donors (Lipinski definition) is 3. The first-order valence-corrected chi connectivity index (χ1v) is 9.21. The first-order valence-electron chi connectivity index (χ1n) is 9.21. The minimum atomic E-state index is -0.945. The van der Waals surface area contributed by atoms with Crippen molar-refractivity contribution >= 4 is 0 Å². The molecule has 21 heavy (non-hydrogen) atoms. The van der Waals surface area contributed by atoms with Crippen molar-refractivity contribution in [1.82, 2.24) is 10.6 Å². The fourth-order valence-electron chi connectivity index (χ4n) is 2.64. The highest BCUT2D eigenvalue weighted by Gasteiger charge is 2.21. The van der Waals surface area contributed by atoms with Gasteiger partial charge in [-0.15, -0.1) is 0 Å². The lowest BCUT2D eigenvalue weighted by atomic mass is 9.98. The van der Waals surface area contributed by atoms with Crippen molar-refractivity contribution in [1.29, 1.82) is 0 Å². The van der Waals surface area contributed by atoms with Gasteiger partial charge in [0.15, 0.2) is 5.85 Å². The Morgan fingerprint density at radius 3 is 1.48 bits per heavy atom. The Hall–Kier alpha value is -0.120. The molecule has 0 spiro atoms. The van der Waals surface area contributed by atoms with Crippen molar-refractivity contribution in [3.63, 3.8) is 0 Å². The van der Waals surface area contributed by atoms with Gasteiger partial charge in [-0.25, -0.2) is 0 Å². The molecule has 2 unspecified atom stereocenters. The maximum Gasteiger partial charge on any atom is 0.168 e. The minimum absolute atomic E-state index is 0.667. The van der Waals surface area contributed by atoms with Crippen molar-refractivity contribution < 1.29 is 5.11 Å². The zero-order valence-electron chi connectivity index (χ0n) is 15.2. The van der Waals surface area contributed by atoms with E-state index in [1.54, 1.807) is 0 Å². The Morgan fingerprint density at radius 1 is 0.810 bits per heavy atom. The number of unbranched alkanes of at least 4 members (excludes halogenated alkanes) is 2. The fraction of sp³-hybridized carbons (Fsp3) is 1.00. The molecule has 0 aromatic rings. The van der Waals surface area contributed by atoms with Gasteiger partial charge in [-0.05, 0) is 31.6 Å². The molecule has 0 amide bonds. The van der Waals surface area contributed by atoms with Crippen LogP contribution in [0.4, 0.5) is 0 Å². The van der Waals surface area contributed by atoms with Gasteiger partial charge in [-0.3, -0.25) is 10.6 Å². The lowest BCUT2D eigenvalue weighted by Gasteiger charge is -2.30. The fourth-order valence-corrected chi connectivity index (χ4v) is 2.64. The predicted molar refractivity (Wildman–Crippen MR) is 93.2 cm³/mol. The van der Waals surface area contributed by atoms with Gasteiger partial charge in [-0.2, -0.15) is 0 Å². The van der Waals surface area contributed by atoms with Gasteiger partial charge in [-0.1, -0.05) is 66.2 Å². The number of hydrogen-bond acceptors (Lipinski definition) is 3. The molecule has 0 bridgehead atoms. The normalized spacial score (nSPS) is 17.4. The third-order valence-corrected chi connectivity index (χ3v) is 4.56. The molecule has 0 rings (SSSR count). The van der Waals surface area contributed by atoms with Crippen LogP contribution < -0.4 is 10.6 Å². The number of aliphatic hydroxyl groups is 1. The Morgan fingerprint density at radius 2 is 1.19 bits per heavy atom. The summed E-state index contributed by atoms with van der Waals surface area (Å²) >= 11 is 0. The summed E-state index contributed by atoms with van der Waals surface area (Å²) in [4.78, 5) is 0. The van der Waals surface area contributed by atoms with Crippen molar-refractivity contribution in [3.05, 3.63) is 0 Å². The average Bonchev–Trinajstić information content (AvgIpc) is 2.47. The van der Waals surface area contributed by atoms with Crippen LogP contribution in [0.5, 0.6) is 0 Å². The second-order valence-corrected chi connectivity index (χ2v) is 6.67. The molecule has 0 saturated heterocycles. The molecule has 128 valence electrons. The van der Waals surface area contributed by atoms with E-state index in [2.05, 4.69) is 38.3 Å². The molecule has 3 N–H and O–H groups in total. The summed E-state index contributed by atoms with van der Waals surface area (Å²) < 4.78 is 0. The summed E-state index contributed by atoms with van der Waals surface area (Å²) in [5.41, 5.74) is 0. The van der Waals surface area contributed by atoms with E-state index in [9.17, 15) is 5.11 Å². The van der Waals surface area contributed by atoms with Gasteiger partial charge >= 0.3 is 0 Å². The highest BCUT2D eigenvalue weighted by molar-refractivity contribution is 4.72. The van der Waals surface area contributed by atoms with Gasteiger partial charge in [0.25, 0.3) is 0 Å². The van der Waals surface area contributed by atoms with Gasteiger partial charge < -0.3 is 5.11 Å². The Balaban J connectivity index is 4.04. The molecule has 0 heterocycles. The number of rotatable bonds is 14. The molecule has 3 heteroatoms. The molecule has 0 aromatic heterocycles. The van der Waals surface area contributed by atoms with Crippen LogP contribution in [0, 0.1) is 11.8 Å². The van der Waals surface area contributed by atoms with Crippen LogP contribution in [-0.4, -0.2) is 24.0 Å². The van der Waals surface area contributed by atoms with E-state index < -0.39 is 5.85 Å². The van der Waals surface area contributed by atoms with Crippen LogP contribution in [0.2, 0.25) is 0 Å². The van der Waals surface area contributed by atoms with Gasteiger partial charge in [0.05, 0.1) is 0 Å². The molecule has 3 nitrogen and oxygen atoms in total. The Bertz CT molecular complexity index is 209. The van der Waals surface area contributed by atoms with Crippen LogP contribution in [0.3, 0.4) is 0 Å². The lowest BCUT2D eigenvalue weighted by Crippen LogP contribution is -2.56. The largest absolute Gasteiger partial charge is 0.363 e. The van der Waals surface area contributed by atoms with Crippen LogP contribution in [0.1, 0.15) is 86.0 Å². The van der Waals surface area contributed by atoms with Crippen molar-refractivity contribution in [2.75, 3.05) is 13.1 Å². The molecule has 2 atom stereocenters. The first-order chi connectivity index (χ1) is 9.99. The van der Waals surface area contributed by atoms with Crippen molar-refractivity contribution in [3.8, 4) is 0 Å². The van der Waals surface area contributed by atoms with E-state index in [1.165, 1.54) is 51.4 Å². The summed E-state index contributed by atoms with van der Waals surface area (Å²) in [7, 11) is 0. The predicted octanol–water partition coefficient (Wildman–Crippen LogP) is 4.26. The third-order valence-electron chi connectivity index (χ3n) is 4.56. The molecule has 0 aromatic carbocycles. The Labute approximate surface area is 133 Å². The third kappa shape index (κ3) is 11.1. The molecule has 0 fully saturated rings. The topological polar surface area (TPSA) is 44.3 Å². The van der Waals surface area contributed by atoms with Crippen LogP contribution in [0.15, 0.2) is 0 Å². The highest BCUT2D eigenvalue weighted by atomic mass is 16.3. The van der Waals surface area contributed by atoms with Crippen LogP contribution in [-0.2, 0) is 0 Å². The van der Waals surface area contributed by atoms with Gasteiger partial charge in [0.2, 0.25) is 0 Å². The second kappa shape index (κ2) is 12.4. The molecular weight excluding hydrogens is 260 g/mol. The van der Waals surface area contributed by atoms with Crippen LogP contribution in [0.25, 0.3) is 0 Å². The summed E-state index contributed by atoms with van der Waals surface area (Å²) in [5.74, 6) is 0.389.